The van der Waals surface area contributed by atoms with Crippen LogP contribution in [-0.2, 0) is 27.0 Å². The van der Waals surface area contributed by atoms with E-state index in [0.29, 0.717) is 39.6 Å². The van der Waals surface area contributed by atoms with Crippen LogP contribution in [0.3, 0.4) is 0 Å². The Balaban J connectivity index is 1.49. The summed E-state index contributed by atoms with van der Waals surface area (Å²) in [5, 5.41) is 2.62. The van der Waals surface area contributed by atoms with Crippen molar-refractivity contribution in [3.8, 4) is 11.5 Å². The van der Waals surface area contributed by atoms with Crippen molar-refractivity contribution in [3.63, 3.8) is 0 Å². The average molecular weight is 567 g/mol. The van der Waals surface area contributed by atoms with Crippen LogP contribution >= 0.6 is 0 Å². The number of anilines is 1. The summed E-state index contributed by atoms with van der Waals surface area (Å²) in [5.74, 6) is -1.89. The van der Waals surface area contributed by atoms with Crippen LogP contribution in [0.25, 0.3) is 0 Å². The zero-order valence-electron chi connectivity index (χ0n) is 21.8. The standard InChI is InChI=1S/C29H25F3N4O5/c1-16(11-17-5-4-6-19(12-17)29(30,31)32)27(38)35-26-28(39)36(14-24(33)37)21-8-3-2-7-20(21)25(34-26)18-9-10-22-23(13-18)41-15-40-22/h2-10,12-13,16,26H,11,14-15H2,1H3,(H2,33,37)(H,35,38)/t16-,26?/m0/s1. The van der Waals surface area contributed by atoms with Crippen LogP contribution < -0.4 is 25.4 Å². The molecular weight excluding hydrogens is 541 g/mol. The van der Waals surface area contributed by atoms with Gasteiger partial charge in [-0.05, 0) is 42.3 Å². The van der Waals surface area contributed by atoms with Crippen LogP contribution in [0, 0.1) is 5.92 Å². The Morgan fingerprint density at radius 1 is 1.07 bits per heavy atom. The van der Waals surface area contributed by atoms with Gasteiger partial charge in [-0.3, -0.25) is 19.3 Å². The van der Waals surface area contributed by atoms with Crippen LogP contribution in [0.15, 0.2) is 71.7 Å². The summed E-state index contributed by atoms with van der Waals surface area (Å²) in [7, 11) is 0. The number of ether oxygens (including phenoxy) is 2. The summed E-state index contributed by atoms with van der Waals surface area (Å²) in [6.07, 6.45) is -5.99. The molecule has 0 bridgehead atoms. The number of para-hydroxylation sites is 1. The molecule has 0 saturated heterocycles. The van der Waals surface area contributed by atoms with Crippen LogP contribution in [-0.4, -0.2) is 42.9 Å². The van der Waals surface area contributed by atoms with E-state index in [1.807, 2.05) is 0 Å². The minimum atomic E-state index is -4.52. The van der Waals surface area contributed by atoms with E-state index < -0.39 is 48.1 Å². The number of nitrogens with zero attached hydrogens (tertiary/aromatic N) is 2. The van der Waals surface area contributed by atoms with Crippen molar-refractivity contribution in [2.24, 2.45) is 16.6 Å². The number of fused-ring (bicyclic) bond motifs is 2. The second-order valence-corrected chi connectivity index (χ2v) is 9.67. The number of alkyl halides is 3. The lowest BCUT2D eigenvalue weighted by Crippen LogP contribution is -2.50. The Morgan fingerprint density at radius 3 is 2.59 bits per heavy atom. The lowest BCUT2D eigenvalue weighted by molar-refractivity contribution is -0.137. The van der Waals surface area contributed by atoms with E-state index in [-0.39, 0.29) is 13.2 Å². The quantitative estimate of drug-likeness (QED) is 0.454. The third-order valence-corrected chi connectivity index (χ3v) is 6.69. The molecule has 212 valence electrons. The number of aliphatic imine (C=N–C) groups is 1. The first kappa shape index (κ1) is 27.7. The molecule has 12 heteroatoms. The summed E-state index contributed by atoms with van der Waals surface area (Å²) >= 11 is 0. The number of hydrogen-bond donors (Lipinski definition) is 2. The summed E-state index contributed by atoms with van der Waals surface area (Å²) < 4.78 is 50.4. The van der Waals surface area contributed by atoms with Gasteiger partial charge in [-0.25, -0.2) is 4.99 Å². The van der Waals surface area contributed by atoms with Crippen molar-refractivity contribution in [1.29, 1.82) is 0 Å². The normalized spacial score (nSPS) is 16.9. The van der Waals surface area contributed by atoms with Crippen molar-refractivity contribution in [1.82, 2.24) is 5.32 Å². The summed E-state index contributed by atoms with van der Waals surface area (Å²) in [5.41, 5.74) is 6.72. The number of carbonyl (C=O) groups is 3. The zero-order chi connectivity index (χ0) is 29.3. The molecule has 0 fully saturated rings. The van der Waals surface area contributed by atoms with Gasteiger partial charge in [-0.2, -0.15) is 13.2 Å². The molecule has 0 aromatic heterocycles. The molecule has 3 N–H and O–H groups in total. The molecule has 1 unspecified atom stereocenters. The summed E-state index contributed by atoms with van der Waals surface area (Å²) in [6.45, 7) is 1.12. The van der Waals surface area contributed by atoms with Crippen LogP contribution in [0.5, 0.6) is 11.5 Å². The van der Waals surface area contributed by atoms with E-state index in [2.05, 4.69) is 10.3 Å². The number of carbonyl (C=O) groups excluding carboxylic acids is 3. The SMILES string of the molecule is C[C@@H](Cc1cccc(C(F)(F)F)c1)C(=O)NC1N=C(c2ccc3c(c2)OCO3)c2ccccc2N(CC(N)=O)C1=O. The first-order valence-electron chi connectivity index (χ1n) is 12.6. The van der Waals surface area contributed by atoms with Gasteiger partial charge in [0.25, 0.3) is 5.91 Å². The van der Waals surface area contributed by atoms with Gasteiger partial charge in [0.1, 0.15) is 6.54 Å². The van der Waals surface area contributed by atoms with Gasteiger partial charge in [0, 0.05) is 17.0 Å². The minimum absolute atomic E-state index is 0.0133. The molecule has 0 spiro atoms. The monoisotopic (exact) mass is 566 g/mol. The van der Waals surface area contributed by atoms with E-state index in [0.717, 1.165) is 17.0 Å². The fourth-order valence-corrected chi connectivity index (χ4v) is 4.71. The van der Waals surface area contributed by atoms with Gasteiger partial charge in [-0.15, -0.1) is 0 Å². The van der Waals surface area contributed by atoms with E-state index >= 15 is 0 Å². The van der Waals surface area contributed by atoms with Gasteiger partial charge in [0.15, 0.2) is 11.5 Å². The Labute approximate surface area is 232 Å². The molecule has 2 aliphatic heterocycles. The molecule has 2 aliphatic rings. The highest BCUT2D eigenvalue weighted by molar-refractivity contribution is 6.21. The Kier molecular flexibility index (Phi) is 7.40. The molecule has 0 radical (unpaired) electrons. The lowest BCUT2D eigenvalue weighted by atomic mass is 9.98. The Morgan fingerprint density at radius 2 is 1.83 bits per heavy atom. The third kappa shape index (κ3) is 5.86. The fourth-order valence-electron chi connectivity index (χ4n) is 4.71. The maximum absolute atomic E-state index is 13.7. The average Bonchev–Trinajstić information content (AvgIpc) is 3.37. The van der Waals surface area contributed by atoms with Crippen molar-refractivity contribution in [2.75, 3.05) is 18.2 Å². The molecule has 2 atom stereocenters. The molecular formula is C29H25F3N4O5. The number of benzene rings is 3. The number of amides is 3. The second kappa shape index (κ2) is 11.0. The van der Waals surface area contributed by atoms with Crippen LogP contribution in [0.2, 0.25) is 0 Å². The van der Waals surface area contributed by atoms with Gasteiger partial charge in [0.2, 0.25) is 24.8 Å². The fraction of sp³-hybridized carbons (Fsp3) is 0.241. The number of nitrogens with two attached hydrogens (primary N) is 1. The van der Waals surface area contributed by atoms with E-state index in [4.69, 9.17) is 15.2 Å². The highest BCUT2D eigenvalue weighted by Gasteiger charge is 2.35. The number of halogens is 3. The van der Waals surface area contributed by atoms with E-state index in [9.17, 15) is 27.6 Å². The minimum Gasteiger partial charge on any atom is -0.454 e. The largest absolute Gasteiger partial charge is 0.454 e. The van der Waals surface area contributed by atoms with E-state index in [1.165, 1.54) is 19.1 Å². The van der Waals surface area contributed by atoms with Gasteiger partial charge < -0.3 is 20.5 Å². The van der Waals surface area contributed by atoms with Crippen molar-refractivity contribution >= 4 is 29.1 Å². The number of benzodiazepines with no additional fused rings is 1. The third-order valence-electron chi connectivity index (χ3n) is 6.69. The maximum Gasteiger partial charge on any atom is 0.416 e. The first-order valence-corrected chi connectivity index (χ1v) is 12.6. The van der Waals surface area contributed by atoms with Crippen LogP contribution in [0.1, 0.15) is 29.2 Å². The molecule has 2 heterocycles. The maximum atomic E-state index is 13.7. The molecule has 41 heavy (non-hydrogen) atoms. The molecule has 3 amide bonds. The van der Waals surface area contributed by atoms with Crippen LogP contribution in [0.4, 0.5) is 18.9 Å². The zero-order valence-corrected chi connectivity index (χ0v) is 21.8. The summed E-state index contributed by atoms with van der Waals surface area (Å²) in [4.78, 5) is 44.7. The van der Waals surface area contributed by atoms with Gasteiger partial charge in [0.05, 0.1) is 17.0 Å². The molecule has 3 aromatic rings. The second-order valence-electron chi connectivity index (χ2n) is 9.67. The van der Waals surface area contributed by atoms with Crippen molar-refractivity contribution < 1.29 is 37.0 Å². The Bertz CT molecular complexity index is 1560. The first-order chi connectivity index (χ1) is 19.5. The van der Waals surface area contributed by atoms with E-state index in [1.54, 1.807) is 42.5 Å². The predicted molar refractivity (Wildman–Crippen MR) is 142 cm³/mol. The van der Waals surface area contributed by atoms with Gasteiger partial charge >= 0.3 is 6.18 Å². The smallest absolute Gasteiger partial charge is 0.416 e. The predicted octanol–water partition coefficient (Wildman–Crippen LogP) is 3.42. The number of primary amides is 1. The van der Waals surface area contributed by atoms with Crippen molar-refractivity contribution in [2.45, 2.75) is 25.7 Å². The highest BCUT2D eigenvalue weighted by atomic mass is 19.4. The lowest BCUT2D eigenvalue weighted by Gasteiger charge is -2.24. The molecule has 0 saturated carbocycles. The van der Waals surface area contributed by atoms with Gasteiger partial charge in [-0.1, -0.05) is 43.3 Å². The Hall–Kier alpha value is -4.87. The molecule has 3 aromatic carbocycles. The molecule has 5 rings (SSSR count). The molecule has 0 aliphatic carbocycles. The number of hydrogen-bond acceptors (Lipinski definition) is 6. The number of rotatable bonds is 7. The molecule has 9 nitrogen and oxygen atoms in total. The van der Waals surface area contributed by atoms with Crippen molar-refractivity contribution in [3.05, 3.63) is 89.0 Å². The topological polar surface area (TPSA) is 123 Å². The number of nitrogens with one attached hydrogen (secondary N) is 1. The highest BCUT2D eigenvalue weighted by Crippen LogP contribution is 2.35. The summed E-state index contributed by atoms with van der Waals surface area (Å²) in [6, 6.07) is 16.6.